The van der Waals surface area contributed by atoms with Crippen molar-refractivity contribution in [3.05, 3.63) is 30.1 Å². The molecule has 0 bridgehead atoms. The fraction of sp³-hybridized carbons (Fsp3) is 0.625. The van der Waals surface area contributed by atoms with E-state index in [-0.39, 0.29) is 10.9 Å². The van der Waals surface area contributed by atoms with Gasteiger partial charge in [0, 0.05) is 38.8 Å². The largest absolute Gasteiger partial charge is 0.379 e. The van der Waals surface area contributed by atoms with E-state index >= 15 is 0 Å². The average Bonchev–Trinajstić information content (AvgIpc) is 3.10. The highest BCUT2D eigenvalue weighted by molar-refractivity contribution is 7.89. The Labute approximate surface area is 142 Å². The predicted octanol–water partition coefficient (Wildman–Crippen LogP) is 0.511. The van der Waals surface area contributed by atoms with Crippen molar-refractivity contribution in [1.82, 2.24) is 14.5 Å². The fourth-order valence-corrected chi connectivity index (χ4v) is 4.89. The maximum absolute atomic E-state index is 13.5. The van der Waals surface area contributed by atoms with Gasteiger partial charge < -0.3 is 10.1 Å². The molecule has 0 amide bonds. The number of nitrogens with zero attached hydrogens (tertiary/aromatic N) is 2. The first-order valence-corrected chi connectivity index (χ1v) is 9.79. The maximum Gasteiger partial charge on any atom is 0.243 e. The molecule has 1 atom stereocenters. The van der Waals surface area contributed by atoms with Gasteiger partial charge in [0.2, 0.25) is 10.0 Å². The number of hydrogen-bond acceptors (Lipinski definition) is 5. The summed E-state index contributed by atoms with van der Waals surface area (Å²) in [5, 5.41) is 3.21. The second kappa shape index (κ2) is 7.88. The van der Waals surface area contributed by atoms with E-state index in [0.717, 1.165) is 32.1 Å². The highest BCUT2D eigenvalue weighted by Gasteiger charge is 2.33. The molecule has 2 heterocycles. The SMILES string of the molecule is O=S(=O)(c1cccc(F)c1)N(CCN1CCOCC1)C1CCNC1. The third-order valence-electron chi connectivity index (χ3n) is 4.58. The summed E-state index contributed by atoms with van der Waals surface area (Å²) in [5.74, 6) is -0.534. The summed E-state index contributed by atoms with van der Waals surface area (Å²) in [4.78, 5) is 2.23. The smallest absolute Gasteiger partial charge is 0.243 e. The molecule has 2 fully saturated rings. The summed E-state index contributed by atoms with van der Waals surface area (Å²) in [5.41, 5.74) is 0. The number of ether oxygens (including phenoxy) is 1. The van der Waals surface area contributed by atoms with Crippen LogP contribution in [-0.2, 0) is 14.8 Å². The normalized spacial score (nSPS) is 23.0. The van der Waals surface area contributed by atoms with Gasteiger partial charge in [0.25, 0.3) is 0 Å². The molecule has 134 valence electrons. The van der Waals surface area contributed by atoms with Crippen LogP contribution in [0.25, 0.3) is 0 Å². The van der Waals surface area contributed by atoms with E-state index in [2.05, 4.69) is 10.2 Å². The molecule has 3 rings (SSSR count). The Morgan fingerprint density at radius 1 is 1.33 bits per heavy atom. The zero-order valence-electron chi connectivity index (χ0n) is 13.7. The van der Waals surface area contributed by atoms with Crippen molar-refractivity contribution in [2.75, 3.05) is 52.5 Å². The van der Waals surface area contributed by atoms with E-state index < -0.39 is 15.8 Å². The molecule has 1 N–H and O–H groups in total. The molecular weight excluding hydrogens is 333 g/mol. The van der Waals surface area contributed by atoms with Crippen LogP contribution in [0.4, 0.5) is 4.39 Å². The van der Waals surface area contributed by atoms with Crippen LogP contribution in [-0.4, -0.2) is 76.1 Å². The molecule has 6 nitrogen and oxygen atoms in total. The number of benzene rings is 1. The lowest BCUT2D eigenvalue weighted by Gasteiger charge is -2.32. The van der Waals surface area contributed by atoms with Crippen LogP contribution in [0.5, 0.6) is 0 Å². The van der Waals surface area contributed by atoms with Crippen LogP contribution in [0.15, 0.2) is 29.2 Å². The number of sulfonamides is 1. The predicted molar refractivity (Wildman–Crippen MR) is 88.8 cm³/mol. The van der Waals surface area contributed by atoms with Crippen LogP contribution >= 0.6 is 0 Å². The second-order valence-corrected chi connectivity index (χ2v) is 8.06. The Hall–Kier alpha value is -1.06. The number of morpholine rings is 1. The molecule has 0 radical (unpaired) electrons. The fourth-order valence-electron chi connectivity index (χ4n) is 3.21. The van der Waals surface area contributed by atoms with Crippen molar-refractivity contribution >= 4 is 10.0 Å². The second-order valence-electron chi connectivity index (χ2n) is 6.17. The minimum Gasteiger partial charge on any atom is -0.379 e. The van der Waals surface area contributed by atoms with Crippen molar-refractivity contribution in [3.8, 4) is 0 Å². The summed E-state index contributed by atoms with van der Waals surface area (Å²) < 4.78 is 46.4. The van der Waals surface area contributed by atoms with Crippen LogP contribution in [0, 0.1) is 5.82 Å². The van der Waals surface area contributed by atoms with Gasteiger partial charge in [-0.25, -0.2) is 12.8 Å². The van der Waals surface area contributed by atoms with Gasteiger partial charge in [0.1, 0.15) is 5.82 Å². The van der Waals surface area contributed by atoms with Crippen molar-refractivity contribution in [2.24, 2.45) is 0 Å². The topological polar surface area (TPSA) is 61.9 Å². The van der Waals surface area contributed by atoms with Crippen molar-refractivity contribution in [2.45, 2.75) is 17.4 Å². The first-order valence-electron chi connectivity index (χ1n) is 8.35. The summed E-state index contributed by atoms with van der Waals surface area (Å²) in [6.07, 6.45) is 0.775. The monoisotopic (exact) mass is 357 g/mol. The van der Waals surface area contributed by atoms with E-state index in [1.54, 1.807) is 0 Å². The van der Waals surface area contributed by atoms with Gasteiger partial charge in [0.15, 0.2) is 0 Å². The lowest BCUT2D eigenvalue weighted by Crippen LogP contribution is -2.47. The minimum atomic E-state index is -3.71. The molecule has 0 saturated carbocycles. The molecule has 0 aromatic heterocycles. The number of rotatable bonds is 6. The lowest BCUT2D eigenvalue weighted by atomic mass is 10.2. The van der Waals surface area contributed by atoms with E-state index in [0.29, 0.717) is 32.8 Å². The van der Waals surface area contributed by atoms with Gasteiger partial charge in [0.05, 0.1) is 18.1 Å². The summed E-state index contributed by atoms with van der Waals surface area (Å²) in [6.45, 7) is 5.51. The molecule has 1 unspecified atom stereocenters. The van der Waals surface area contributed by atoms with Crippen LogP contribution < -0.4 is 5.32 Å². The molecule has 0 aliphatic carbocycles. The Kier molecular flexibility index (Phi) is 5.83. The van der Waals surface area contributed by atoms with Gasteiger partial charge in [-0.1, -0.05) is 6.07 Å². The van der Waals surface area contributed by atoms with Crippen molar-refractivity contribution in [1.29, 1.82) is 0 Å². The maximum atomic E-state index is 13.5. The van der Waals surface area contributed by atoms with Crippen molar-refractivity contribution < 1.29 is 17.5 Å². The first kappa shape index (κ1) is 17.8. The highest BCUT2D eigenvalue weighted by Crippen LogP contribution is 2.22. The molecule has 2 saturated heterocycles. The minimum absolute atomic E-state index is 0.0244. The zero-order valence-corrected chi connectivity index (χ0v) is 14.5. The molecule has 1 aromatic carbocycles. The molecule has 2 aliphatic heterocycles. The highest BCUT2D eigenvalue weighted by atomic mass is 32.2. The molecule has 24 heavy (non-hydrogen) atoms. The summed E-state index contributed by atoms with van der Waals surface area (Å²) in [6, 6.07) is 5.17. The van der Waals surface area contributed by atoms with Crippen molar-refractivity contribution in [3.63, 3.8) is 0 Å². The number of nitrogens with one attached hydrogen (secondary N) is 1. The summed E-state index contributed by atoms with van der Waals surface area (Å²) in [7, 11) is -3.71. The molecule has 1 aromatic rings. The van der Waals surface area contributed by atoms with Crippen LogP contribution in [0.3, 0.4) is 0 Å². The Balaban J connectivity index is 1.78. The third-order valence-corrected chi connectivity index (χ3v) is 6.53. The third kappa shape index (κ3) is 4.12. The lowest BCUT2D eigenvalue weighted by molar-refractivity contribution is 0.0355. The molecular formula is C16H24FN3O3S. The Bertz CT molecular complexity index is 644. The molecule has 8 heteroatoms. The average molecular weight is 357 g/mol. The van der Waals surface area contributed by atoms with Gasteiger partial charge in [-0.3, -0.25) is 4.90 Å². The Morgan fingerprint density at radius 3 is 2.79 bits per heavy atom. The van der Waals surface area contributed by atoms with Gasteiger partial charge in [-0.15, -0.1) is 0 Å². The quantitative estimate of drug-likeness (QED) is 0.804. The summed E-state index contributed by atoms with van der Waals surface area (Å²) >= 11 is 0. The van der Waals surface area contributed by atoms with Crippen LogP contribution in [0.2, 0.25) is 0 Å². The number of halogens is 1. The standard InChI is InChI=1S/C16H24FN3O3S/c17-14-2-1-3-16(12-14)24(21,22)20(15-4-5-18-13-15)7-6-19-8-10-23-11-9-19/h1-3,12,15,18H,4-11,13H2. The van der Waals surface area contributed by atoms with Gasteiger partial charge >= 0.3 is 0 Å². The molecule has 0 spiro atoms. The van der Waals surface area contributed by atoms with Gasteiger partial charge in [-0.05, 0) is 31.2 Å². The van der Waals surface area contributed by atoms with E-state index in [9.17, 15) is 12.8 Å². The first-order chi connectivity index (χ1) is 11.6. The Morgan fingerprint density at radius 2 is 2.12 bits per heavy atom. The van der Waals surface area contributed by atoms with E-state index in [1.165, 1.54) is 22.5 Å². The van der Waals surface area contributed by atoms with Crippen LogP contribution in [0.1, 0.15) is 6.42 Å². The molecule has 2 aliphatic rings. The van der Waals surface area contributed by atoms with E-state index in [4.69, 9.17) is 4.74 Å². The van der Waals surface area contributed by atoms with E-state index in [1.807, 2.05) is 0 Å². The van der Waals surface area contributed by atoms with Gasteiger partial charge in [-0.2, -0.15) is 4.31 Å². The number of hydrogen-bond donors (Lipinski definition) is 1. The zero-order chi connectivity index (χ0) is 17.0.